The Bertz CT molecular complexity index is 296. The van der Waals surface area contributed by atoms with Gasteiger partial charge in [-0.05, 0) is 44.2 Å². The summed E-state index contributed by atoms with van der Waals surface area (Å²) in [5.74, 6) is -2.76. The van der Waals surface area contributed by atoms with Crippen LogP contribution in [0.15, 0.2) is 12.2 Å². The van der Waals surface area contributed by atoms with Crippen LogP contribution in [-0.4, -0.2) is 30.3 Å². The van der Waals surface area contributed by atoms with E-state index >= 15 is 0 Å². The first kappa shape index (κ1) is 14.0. The molecule has 1 saturated carbocycles. The molecule has 2 fully saturated rings. The number of hydrogen-bond acceptors (Lipinski definition) is 2. The van der Waals surface area contributed by atoms with E-state index in [4.69, 9.17) is 9.90 Å². The summed E-state index contributed by atoms with van der Waals surface area (Å²) in [5.41, 5.74) is 2.18. The number of alkyl halides is 3. The van der Waals surface area contributed by atoms with Crippen molar-refractivity contribution < 1.29 is 23.1 Å². The largest absolute Gasteiger partial charge is 0.490 e. The van der Waals surface area contributed by atoms with Gasteiger partial charge in [0.05, 0.1) is 0 Å². The van der Waals surface area contributed by atoms with E-state index in [0.29, 0.717) is 5.41 Å². The molecule has 98 valence electrons. The van der Waals surface area contributed by atoms with Gasteiger partial charge in [-0.1, -0.05) is 12.2 Å². The Morgan fingerprint density at radius 3 is 2.00 bits per heavy atom. The average Bonchev–Trinajstić information content (AvgIpc) is 2.16. The van der Waals surface area contributed by atoms with Crippen LogP contribution in [0.25, 0.3) is 0 Å². The quantitative estimate of drug-likeness (QED) is 0.650. The van der Waals surface area contributed by atoms with Crippen LogP contribution < -0.4 is 5.32 Å². The van der Waals surface area contributed by atoms with E-state index in [1.807, 2.05) is 0 Å². The lowest BCUT2D eigenvalue weighted by atomic mass is 9.61. The molecule has 2 rings (SSSR count). The predicted octanol–water partition coefficient (Wildman–Crippen LogP) is 2.34. The predicted molar refractivity (Wildman–Crippen MR) is 56.6 cm³/mol. The number of carboxylic acid groups (broad SMARTS) is 1. The third-order valence-corrected chi connectivity index (χ3v) is 3.16. The van der Waals surface area contributed by atoms with E-state index in [1.54, 1.807) is 0 Å². The van der Waals surface area contributed by atoms with Gasteiger partial charge in [0.25, 0.3) is 0 Å². The van der Waals surface area contributed by atoms with Gasteiger partial charge in [0.15, 0.2) is 0 Å². The van der Waals surface area contributed by atoms with Crippen LogP contribution in [0.4, 0.5) is 13.2 Å². The van der Waals surface area contributed by atoms with Crippen molar-refractivity contribution in [1.29, 1.82) is 0 Å². The van der Waals surface area contributed by atoms with E-state index in [0.717, 1.165) is 0 Å². The Morgan fingerprint density at radius 1 is 1.29 bits per heavy atom. The molecule has 1 heterocycles. The zero-order chi connectivity index (χ0) is 13.1. The van der Waals surface area contributed by atoms with Crippen molar-refractivity contribution in [1.82, 2.24) is 5.32 Å². The molecule has 1 aliphatic heterocycles. The SMILES string of the molecule is C=C1CC2(CCNCC2)C1.O=C(O)C(F)(F)F. The number of nitrogens with one attached hydrogen (secondary N) is 1. The van der Waals surface area contributed by atoms with Gasteiger partial charge < -0.3 is 10.4 Å². The number of hydrogen-bond donors (Lipinski definition) is 2. The Kier molecular flexibility index (Phi) is 4.19. The molecule has 0 aromatic carbocycles. The van der Waals surface area contributed by atoms with Crippen molar-refractivity contribution in [3.8, 4) is 0 Å². The van der Waals surface area contributed by atoms with Gasteiger partial charge >= 0.3 is 12.1 Å². The molecule has 17 heavy (non-hydrogen) atoms. The molecule has 0 amide bonds. The molecular formula is C11H16F3NO2. The molecule has 0 aromatic heterocycles. The van der Waals surface area contributed by atoms with Crippen LogP contribution in [0.1, 0.15) is 25.7 Å². The normalized spacial score (nSPS) is 22.4. The van der Waals surface area contributed by atoms with Crippen LogP contribution in [0, 0.1) is 5.41 Å². The fraction of sp³-hybridized carbons (Fsp3) is 0.727. The smallest absolute Gasteiger partial charge is 0.475 e. The summed E-state index contributed by atoms with van der Waals surface area (Å²) in [5, 5.41) is 10.5. The zero-order valence-electron chi connectivity index (χ0n) is 9.44. The first-order valence-electron chi connectivity index (χ1n) is 5.43. The maximum Gasteiger partial charge on any atom is 0.490 e. The standard InChI is InChI=1S/C9H15N.C2HF3O2/c1-8-6-9(7-8)2-4-10-5-3-9;3-2(4,5)1(6)7/h10H,1-7H2;(H,6,7). The Labute approximate surface area is 97.7 Å². The summed E-state index contributed by atoms with van der Waals surface area (Å²) in [6.07, 6.45) is 0.307. The summed E-state index contributed by atoms with van der Waals surface area (Å²) < 4.78 is 31.7. The first-order chi connectivity index (χ1) is 7.75. The number of aliphatic carboxylic acids is 1. The topological polar surface area (TPSA) is 49.3 Å². The monoisotopic (exact) mass is 251 g/mol. The highest BCUT2D eigenvalue weighted by Gasteiger charge is 2.40. The van der Waals surface area contributed by atoms with Gasteiger partial charge in [-0.3, -0.25) is 0 Å². The molecule has 1 spiro atoms. The molecular weight excluding hydrogens is 235 g/mol. The molecule has 2 aliphatic rings. The zero-order valence-corrected chi connectivity index (χ0v) is 9.44. The number of piperidine rings is 1. The molecule has 2 N–H and O–H groups in total. The van der Waals surface area contributed by atoms with Crippen LogP contribution in [0.5, 0.6) is 0 Å². The summed E-state index contributed by atoms with van der Waals surface area (Å²) in [4.78, 5) is 8.90. The summed E-state index contributed by atoms with van der Waals surface area (Å²) in [7, 11) is 0. The maximum atomic E-state index is 10.6. The highest BCUT2D eigenvalue weighted by molar-refractivity contribution is 5.73. The van der Waals surface area contributed by atoms with Crippen molar-refractivity contribution in [2.45, 2.75) is 31.9 Å². The fourth-order valence-corrected chi connectivity index (χ4v) is 2.32. The van der Waals surface area contributed by atoms with Gasteiger partial charge in [-0.2, -0.15) is 13.2 Å². The van der Waals surface area contributed by atoms with Crippen molar-refractivity contribution >= 4 is 5.97 Å². The van der Waals surface area contributed by atoms with Gasteiger partial charge in [-0.15, -0.1) is 0 Å². The van der Waals surface area contributed by atoms with Crippen LogP contribution in [0.2, 0.25) is 0 Å². The second-order valence-electron chi connectivity index (χ2n) is 4.66. The number of rotatable bonds is 0. The van der Waals surface area contributed by atoms with Crippen molar-refractivity contribution in [2.75, 3.05) is 13.1 Å². The van der Waals surface area contributed by atoms with Crippen LogP contribution in [0.3, 0.4) is 0 Å². The lowest BCUT2D eigenvalue weighted by Crippen LogP contribution is -2.41. The number of carboxylic acids is 1. The van der Waals surface area contributed by atoms with E-state index in [1.165, 1.54) is 44.3 Å². The van der Waals surface area contributed by atoms with Gasteiger partial charge in [0.2, 0.25) is 0 Å². The van der Waals surface area contributed by atoms with Gasteiger partial charge in [0.1, 0.15) is 0 Å². The lowest BCUT2D eigenvalue weighted by Gasteiger charge is -2.46. The van der Waals surface area contributed by atoms with Crippen LogP contribution in [-0.2, 0) is 4.79 Å². The Hall–Kier alpha value is -1.04. The summed E-state index contributed by atoms with van der Waals surface area (Å²) in [6, 6.07) is 0. The van der Waals surface area contributed by atoms with E-state index < -0.39 is 12.1 Å². The van der Waals surface area contributed by atoms with E-state index in [-0.39, 0.29) is 0 Å². The Morgan fingerprint density at radius 2 is 1.71 bits per heavy atom. The summed E-state index contributed by atoms with van der Waals surface area (Å²) >= 11 is 0. The molecule has 0 aromatic rings. The lowest BCUT2D eigenvalue weighted by molar-refractivity contribution is -0.192. The molecule has 1 aliphatic carbocycles. The van der Waals surface area contributed by atoms with E-state index in [9.17, 15) is 13.2 Å². The molecule has 3 nitrogen and oxygen atoms in total. The van der Waals surface area contributed by atoms with Crippen molar-refractivity contribution in [3.63, 3.8) is 0 Å². The number of carbonyl (C=O) groups is 1. The maximum absolute atomic E-state index is 10.6. The highest BCUT2D eigenvalue weighted by atomic mass is 19.4. The second-order valence-corrected chi connectivity index (χ2v) is 4.66. The fourth-order valence-electron chi connectivity index (χ4n) is 2.32. The minimum atomic E-state index is -5.08. The van der Waals surface area contributed by atoms with Crippen molar-refractivity contribution in [2.24, 2.45) is 5.41 Å². The number of allylic oxidation sites excluding steroid dienone is 1. The summed E-state index contributed by atoms with van der Waals surface area (Å²) in [6.45, 7) is 6.45. The average molecular weight is 251 g/mol. The molecule has 1 saturated heterocycles. The number of halogens is 3. The molecule has 0 atom stereocenters. The van der Waals surface area contributed by atoms with Gasteiger partial charge in [0, 0.05) is 0 Å². The molecule has 0 bridgehead atoms. The highest BCUT2D eigenvalue weighted by Crippen LogP contribution is 2.50. The first-order valence-corrected chi connectivity index (χ1v) is 5.43. The second kappa shape index (κ2) is 5.08. The minimum Gasteiger partial charge on any atom is -0.475 e. The Balaban J connectivity index is 0.000000185. The van der Waals surface area contributed by atoms with E-state index in [2.05, 4.69) is 11.9 Å². The molecule has 6 heteroatoms. The third kappa shape index (κ3) is 4.03. The van der Waals surface area contributed by atoms with Gasteiger partial charge in [-0.25, -0.2) is 4.79 Å². The molecule has 0 unspecified atom stereocenters. The molecule has 0 radical (unpaired) electrons. The van der Waals surface area contributed by atoms with Crippen molar-refractivity contribution in [3.05, 3.63) is 12.2 Å². The minimum absolute atomic E-state index is 0.711. The van der Waals surface area contributed by atoms with Crippen LogP contribution >= 0.6 is 0 Å². The third-order valence-electron chi connectivity index (χ3n) is 3.16.